The highest BCUT2D eigenvalue weighted by atomic mass is 32.2. The second-order valence-electron chi connectivity index (χ2n) is 7.33. The van der Waals surface area contributed by atoms with Gasteiger partial charge in [-0.05, 0) is 63.1 Å². The fourth-order valence-corrected chi connectivity index (χ4v) is 4.04. The van der Waals surface area contributed by atoms with Crippen LogP contribution in [0.4, 0.5) is 5.69 Å². The number of carbonyl (C=O) groups is 2. The van der Waals surface area contributed by atoms with Crippen LogP contribution < -0.4 is 10.0 Å². The second kappa shape index (κ2) is 9.19. The van der Waals surface area contributed by atoms with Crippen molar-refractivity contribution >= 4 is 27.5 Å². The van der Waals surface area contributed by atoms with Gasteiger partial charge in [-0.15, -0.1) is 0 Å². The molecule has 0 radical (unpaired) electrons. The Kier molecular flexibility index (Phi) is 7.16. The topological polar surface area (TPSA) is 95.6 Å². The number of rotatable bonds is 7. The molecule has 0 aliphatic rings. The molecule has 0 aromatic heterocycles. The summed E-state index contributed by atoms with van der Waals surface area (Å²) in [6.07, 6.45) is 0. The van der Waals surface area contributed by atoms with Crippen LogP contribution in [-0.4, -0.2) is 44.8 Å². The summed E-state index contributed by atoms with van der Waals surface area (Å²) in [6.45, 7) is 7.10. The molecular formula is C21H27N3O4S. The third-order valence-electron chi connectivity index (χ3n) is 4.18. The molecule has 2 N–H and O–H groups in total. The Morgan fingerprint density at radius 2 is 1.76 bits per heavy atom. The maximum atomic E-state index is 12.7. The summed E-state index contributed by atoms with van der Waals surface area (Å²) in [5, 5.41) is 2.81. The average Bonchev–Trinajstić information content (AvgIpc) is 2.63. The minimum atomic E-state index is -3.71. The SMILES string of the molecule is Cc1ccc(C)c(NC(=O)CN(C)C(=O)c2cccc(S(=O)(=O)NC(C)C)c2)c1. The molecule has 0 unspecified atom stereocenters. The van der Waals surface area contributed by atoms with Gasteiger partial charge in [-0.2, -0.15) is 0 Å². The van der Waals surface area contributed by atoms with Gasteiger partial charge in [-0.1, -0.05) is 18.2 Å². The summed E-state index contributed by atoms with van der Waals surface area (Å²) < 4.78 is 27.1. The number of amides is 2. The molecule has 0 aliphatic heterocycles. The zero-order valence-electron chi connectivity index (χ0n) is 17.3. The number of carbonyl (C=O) groups excluding carboxylic acids is 2. The van der Waals surface area contributed by atoms with Gasteiger partial charge in [0.25, 0.3) is 5.91 Å². The first-order valence-electron chi connectivity index (χ1n) is 9.24. The van der Waals surface area contributed by atoms with Crippen LogP contribution >= 0.6 is 0 Å². The quantitative estimate of drug-likeness (QED) is 0.724. The van der Waals surface area contributed by atoms with Crippen molar-refractivity contribution in [2.45, 2.75) is 38.6 Å². The molecule has 0 atom stereocenters. The van der Waals surface area contributed by atoms with Crippen LogP contribution in [0.1, 0.15) is 35.3 Å². The minimum Gasteiger partial charge on any atom is -0.332 e. The molecule has 8 heteroatoms. The van der Waals surface area contributed by atoms with E-state index in [0.29, 0.717) is 5.69 Å². The average molecular weight is 418 g/mol. The van der Waals surface area contributed by atoms with Crippen LogP contribution in [0, 0.1) is 13.8 Å². The Hall–Kier alpha value is -2.71. The number of likely N-dealkylation sites (N-methyl/N-ethyl adjacent to an activating group) is 1. The molecule has 29 heavy (non-hydrogen) atoms. The molecule has 0 aliphatic carbocycles. The fourth-order valence-electron chi connectivity index (χ4n) is 2.74. The van der Waals surface area contributed by atoms with Crippen molar-refractivity contribution in [2.24, 2.45) is 0 Å². The Bertz CT molecular complexity index is 1020. The first-order chi connectivity index (χ1) is 13.5. The van der Waals surface area contributed by atoms with E-state index >= 15 is 0 Å². The van der Waals surface area contributed by atoms with Crippen LogP contribution in [0.2, 0.25) is 0 Å². The number of hydrogen-bond donors (Lipinski definition) is 2. The van der Waals surface area contributed by atoms with Crippen molar-refractivity contribution in [1.29, 1.82) is 0 Å². The van der Waals surface area contributed by atoms with Crippen LogP contribution in [0.5, 0.6) is 0 Å². The summed E-state index contributed by atoms with van der Waals surface area (Å²) in [6, 6.07) is 11.2. The molecule has 2 aromatic carbocycles. The summed E-state index contributed by atoms with van der Waals surface area (Å²) in [5.74, 6) is -0.775. The third kappa shape index (κ3) is 6.13. The van der Waals surface area contributed by atoms with E-state index in [1.807, 2.05) is 32.0 Å². The van der Waals surface area contributed by atoms with Gasteiger partial charge in [0.15, 0.2) is 0 Å². The molecule has 2 aromatic rings. The van der Waals surface area contributed by atoms with Crippen molar-refractivity contribution in [2.75, 3.05) is 18.9 Å². The molecule has 0 saturated carbocycles. The van der Waals surface area contributed by atoms with E-state index in [4.69, 9.17) is 0 Å². The van der Waals surface area contributed by atoms with Crippen molar-refractivity contribution in [3.63, 3.8) is 0 Å². The lowest BCUT2D eigenvalue weighted by atomic mass is 10.1. The zero-order chi connectivity index (χ0) is 21.8. The van der Waals surface area contributed by atoms with Gasteiger partial charge in [0.05, 0.1) is 11.4 Å². The Balaban J connectivity index is 2.11. The van der Waals surface area contributed by atoms with Gasteiger partial charge in [-0.3, -0.25) is 9.59 Å². The van der Waals surface area contributed by atoms with Crippen LogP contribution in [0.15, 0.2) is 47.4 Å². The lowest BCUT2D eigenvalue weighted by Gasteiger charge is -2.18. The minimum absolute atomic E-state index is 0.00490. The van der Waals surface area contributed by atoms with Crippen LogP contribution in [0.3, 0.4) is 0 Å². The molecular weight excluding hydrogens is 390 g/mol. The van der Waals surface area contributed by atoms with E-state index < -0.39 is 15.9 Å². The van der Waals surface area contributed by atoms with E-state index in [0.717, 1.165) is 11.1 Å². The molecule has 0 heterocycles. The van der Waals surface area contributed by atoms with Crippen molar-refractivity contribution < 1.29 is 18.0 Å². The van der Waals surface area contributed by atoms with Crippen LogP contribution in [0.25, 0.3) is 0 Å². The number of aryl methyl sites for hydroxylation is 2. The fraction of sp³-hybridized carbons (Fsp3) is 0.333. The van der Waals surface area contributed by atoms with Crippen molar-refractivity contribution in [1.82, 2.24) is 9.62 Å². The normalized spacial score (nSPS) is 11.4. The first-order valence-corrected chi connectivity index (χ1v) is 10.7. The monoisotopic (exact) mass is 417 g/mol. The molecule has 2 amide bonds. The van der Waals surface area contributed by atoms with E-state index in [9.17, 15) is 18.0 Å². The highest BCUT2D eigenvalue weighted by molar-refractivity contribution is 7.89. The lowest BCUT2D eigenvalue weighted by molar-refractivity contribution is -0.116. The predicted molar refractivity (Wildman–Crippen MR) is 113 cm³/mol. The number of benzene rings is 2. The number of anilines is 1. The predicted octanol–water partition coefficient (Wildman–Crippen LogP) is 2.70. The van der Waals surface area contributed by atoms with Gasteiger partial charge in [0.1, 0.15) is 0 Å². The van der Waals surface area contributed by atoms with E-state index in [1.54, 1.807) is 13.8 Å². The van der Waals surface area contributed by atoms with E-state index in [-0.39, 0.29) is 29.0 Å². The smallest absolute Gasteiger partial charge is 0.254 e. The molecule has 156 valence electrons. The van der Waals surface area contributed by atoms with Gasteiger partial charge in [-0.25, -0.2) is 13.1 Å². The van der Waals surface area contributed by atoms with E-state index in [1.165, 1.54) is 36.2 Å². The largest absolute Gasteiger partial charge is 0.332 e. The third-order valence-corrected chi connectivity index (χ3v) is 5.83. The standard InChI is InChI=1S/C21H27N3O4S/c1-14(2)23-29(27,28)18-8-6-7-17(12-18)21(26)24(5)13-20(25)22-19-11-15(3)9-10-16(19)4/h6-12,14,23H,13H2,1-5H3,(H,22,25). The zero-order valence-corrected chi connectivity index (χ0v) is 18.1. The number of sulfonamides is 1. The number of hydrogen-bond acceptors (Lipinski definition) is 4. The molecule has 0 fully saturated rings. The van der Waals surface area contributed by atoms with E-state index in [2.05, 4.69) is 10.0 Å². The maximum Gasteiger partial charge on any atom is 0.254 e. The number of nitrogens with one attached hydrogen (secondary N) is 2. The Labute approximate surface area is 172 Å². The van der Waals surface area contributed by atoms with Crippen molar-refractivity contribution in [3.05, 3.63) is 59.2 Å². The molecule has 0 bridgehead atoms. The van der Waals surface area contributed by atoms with Gasteiger partial charge in [0.2, 0.25) is 15.9 Å². The molecule has 2 rings (SSSR count). The van der Waals surface area contributed by atoms with Gasteiger partial charge >= 0.3 is 0 Å². The lowest BCUT2D eigenvalue weighted by Crippen LogP contribution is -2.35. The first kappa shape index (κ1) is 22.6. The Morgan fingerprint density at radius 1 is 1.07 bits per heavy atom. The summed E-state index contributed by atoms with van der Waals surface area (Å²) >= 11 is 0. The molecule has 0 spiro atoms. The van der Waals surface area contributed by atoms with Gasteiger partial charge in [0, 0.05) is 24.3 Å². The second-order valence-corrected chi connectivity index (χ2v) is 9.05. The number of nitrogens with zero attached hydrogens (tertiary/aromatic N) is 1. The Morgan fingerprint density at radius 3 is 2.41 bits per heavy atom. The van der Waals surface area contributed by atoms with Crippen molar-refractivity contribution in [3.8, 4) is 0 Å². The highest BCUT2D eigenvalue weighted by Crippen LogP contribution is 2.17. The summed E-state index contributed by atoms with van der Waals surface area (Å²) in [7, 11) is -2.22. The van der Waals surface area contributed by atoms with Gasteiger partial charge < -0.3 is 10.2 Å². The summed E-state index contributed by atoms with van der Waals surface area (Å²) in [4.78, 5) is 26.3. The highest BCUT2D eigenvalue weighted by Gasteiger charge is 2.20. The molecule has 0 saturated heterocycles. The molecule has 7 nitrogen and oxygen atoms in total. The summed E-state index contributed by atoms with van der Waals surface area (Å²) in [5.41, 5.74) is 2.83. The van der Waals surface area contributed by atoms with Crippen LogP contribution in [-0.2, 0) is 14.8 Å². The maximum absolute atomic E-state index is 12.7.